The first kappa shape index (κ1) is 15.3. The summed E-state index contributed by atoms with van der Waals surface area (Å²) in [5.41, 5.74) is -0.559. The Kier molecular flexibility index (Phi) is 4.34. The van der Waals surface area contributed by atoms with Gasteiger partial charge in [-0.3, -0.25) is 0 Å². The summed E-state index contributed by atoms with van der Waals surface area (Å²) < 4.78 is 28.0. The lowest BCUT2D eigenvalue weighted by Gasteiger charge is -2.33. The first-order valence-corrected chi connectivity index (χ1v) is 7.54. The summed E-state index contributed by atoms with van der Waals surface area (Å²) in [7, 11) is -2.14. The van der Waals surface area contributed by atoms with Crippen molar-refractivity contribution < 1.29 is 8.42 Å². The average Bonchev–Trinajstić information content (AvgIpc) is 2.53. The average molecular weight is 337 g/mol. The molecule has 0 spiro atoms. The fourth-order valence-electron chi connectivity index (χ4n) is 1.55. The Labute approximate surface area is 116 Å². The van der Waals surface area contributed by atoms with E-state index in [1.165, 1.54) is 8.99 Å². The molecule has 0 radical (unpaired) electrons. The summed E-state index contributed by atoms with van der Waals surface area (Å²) >= 11 is 3.11. The van der Waals surface area contributed by atoms with E-state index < -0.39 is 15.6 Å². The lowest BCUT2D eigenvalue weighted by Crippen LogP contribution is -2.46. The minimum atomic E-state index is -3.69. The zero-order valence-electron chi connectivity index (χ0n) is 10.9. The molecule has 0 unspecified atom stereocenters. The maximum absolute atomic E-state index is 12.6. The van der Waals surface area contributed by atoms with Gasteiger partial charge in [0.15, 0.2) is 4.60 Å². The molecule has 0 aliphatic heterocycles. The largest absolute Gasteiger partial charge is 0.263 e. The second kappa shape index (κ2) is 5.10. The van der Waals surface area contributed by atoms with Crippen LogP contribution < -0.4 is 0 Å². The van der Waals surface area contributed by atoms with Crippen molar-refractivity contribution >= 4 is 26.0 Å². The normalized spacial score (nSPS) is 13.0. The quantitative estimate of drug-likeness (QED) is 0.782. The number of halogens is 1. The van der Waals surface area contributed by atoms with Crippen LogP contribution in [0.4, 0.5) is 0 Å². The second-order valence-corrected chi connectivity index (χ2v) is 7.33. The Hall–Kier alpha value is -0.730. The van der Waals surface area contributed by atoms with E-state index in [9.17, 15) is 8.42 Å². The Bertz CT molecular complexity index is 525. The van der Waals surface area contributed by atoms with Crippen molar-refractivity contribution in [3.8, 4) is 0 Å². The van der Waals surface area contributed by atoms with Gasteiger partial charge in [-0.15, -0.1) is 11.7 Å². The molecule has 1 rings (SSSR count). The molecule has 18 heavy (non-hydrogen) atoms. The number of hydrogen-bond donors (Lipinski definition) is 0. The first-order valence-electron chi connectivity index (χ1n) is 5.31. The minimum Gasteiger partial charge on any atom is -0.235 e. The highest BCUT2D eigenvalue weighted by Gasteiger charge is 2.37. The molecular weight excluding hydrogens is 320 g/mol. The van der Waals surface area contributed by atoms with E-state index in [4.69, 9.17) is 0 Å². The van der Waals surface area contributed by atoms with Crippen molar-refractivity contribution in [1.29, 1.82) is 0 Å². The van der Waals surface area contributed by atoms with E-state index in [-0.39, 0.29) is 16.2 Å². The molecule has 0 saturated carbocycles. The van der Waals surface area contributed by atoms with Crippen LogP contribution in [0.15, 0.2) is 22.3 Å². The topological polar surface area (TPSA) is 68.1 Å². The molecule has 0 fully saturated rings. The number of aromatic nitrogens is 3. The Balaban J connectivity index is 3.40. The third kappa shape index (κ3) is 2.81. The third-order valence-corrected chi connectivity index (χ3v) is 5.33. The molecule has 0 N–H and O–H groups in total. The van der Waals surface area contributed by atoms with E-state index in [0.29, 0.717) is 0 Å². The van der Waals surface area contributed by atoms with E-state index in [0.717, 1.165) is 0 Å². The molecular formula is C10H17BrN4O2S. The maximum atomic E-state index is 12.6. The van der Waals surface area contributed by atoms with Crippen molar-refractivity contribution in [2.75, 3.05) is 6.54 Å². The van der Waals surface area contributed by atoms with E-state index in [1.807, 2.05) is 20.8 Å². The van der Waals surface area contributed by atoms with Gasteiger partial charge in [0.1, 0.15) is 0 Å². The zero-order chi connectivity index (χ0) is 14.1. The van der Waals surface area contributed by atoms with Crippen LogP contribution in [0.1, 0.15) is 20.8 Å². The number of aryl methyl sites for hydroxylation is 1. The Morgan fingerprint density at radius 3 is 2.39 bits per heavy atom. The molecule has 0 atom stereocenters. The van der Waals surface area contributed by atoms with Gasteiger partial charge in [-0.05, 0) is 36.7 Å². The molecule has 0 amide bonds. The smallest absolute Gasteiger partial charge is 0.235 e. The molecule has 0 aromatic carbocycles. The van der Waals surface area contributed by atoms with Crippen LogP contribution in [0.2, 0.25) is 0 Å². The van der Waals surface area contributed by atoms with Gasteiger partial charge in [0.25, 0.3) is 10.0 Å². The van der Waals surface area contributed by atoms with Crippen LogP contribution in [-0.2, 0) is 17.1 Å². The molecule has 6 nitrogen and oxygen atoms in total. The highest BCUT2D eigenvalue weighted by atomic mass is 79.9. The van der Waals surface area contributed by atoms with Crippen molar-refractivity contribution in [2.24, 2.45) is 7.05 Å². The van der Waals surface area contributed by atoms with Gasteiger partial charge in [-0.2, -0.15) is 4.31 Å². The predicted octanol–water partition coefficient (Wildman–Crippen LogP) is 1.55. The minimum absolute atomic E-state index is 0.0410. The SMILES string of the molecule is C=CCN(C(C)(C)C)S(=O)(=O)c1c(Br)nnn1C. The molecule has 1 aromatic heterocycles. The second-order valence-electron chi connectivity index (χ2n) is 4.80. The van der Waals surface area contributed by atoms with Gasteiger partial charge in [0.2, 0.25) is 5.03 Å². The molecule has 0 aliphatic rings. The molecule has 0 saturated heterocycles. The van der Waals surface area contributed by atoms with Gasteiger partial charge in [0.05, 0.1) is 0 Å². The van der Waals surface area contributed by atoms with Crippen LogP contribution in [0.3, 0.4) is 0 Å². The van der Waals surface area contributed by atoms with Crippen LogP contribution in [-0.4, -0.2) is 39.8 Å². The summed E-state index contributed by atoms with van der Waals surface area (Å²) in [5.74, 6) is 0. The highest BCUT2D eigenvalue weighted by Crippen LogP contribution is 2.27. The lowest BCUT2D eigenvalue weighted by atomic mass is 10.1. The van der Waals surface area contributed by atoms with Crippen molar-refractivity contribution in [3.63, 3.8) is 0 Å². The summed E-state index contributed by atoms with van der Waals surface area (Å²) in [4.78, 5) is 0. The molecule has 1 aromatic rings. The monoisotopic (exact) mass is 336 g/mol. The highest BCUT2D eigenvalue weighted by molar-refractivity contribution is 9.10. The van der Waals surface area contributed by atoms with Gasteiger partial charge in [-0.25, -0.2) is 13.1 Å². The molecule has 1 heterocycles. The number of sulfonamides is 1. The Morgan fingerprint density at radius 1 is 1.50 bits per heavy atom. The molecule has 0 aliphatic carbocycles. The van der Waals surface area contributed by atoms with Crippen LogP contribution in [0, 0.1) is 0 Å². The standard InChI is InChI=1S/C10H17BrN4O2S/c1-6-7-15(10(2,3)4)18(16,17)9-8(11)12-13-14(9)5/h6H,1,7H2,2-5H3. The summed E-state index contributed by atoms with van der Waals surface area (Å²) in [6, 6.07) is 0. The van der Waals surface area contributed by atoms with E-state index in [2.05, 4.69) is 32.8 Å². The number of nitrogens with zero attached hydrogens (tertiary/aromatic N) is 4. The predicted molar refractivity (Wildman–Crippen MR) is 72.5 cm³/mol. The third-order valence-electron chi connectivity index (χ3n) is 2.31. The lowest BCUT2D eigenvalue weighted by molar-refractivity contribution is 0.268. The van der Waals surface area contributed by atoms with Crippen molar-refractivity contribution in [1.82, 2.24) is 19.3 Å². The van der Waals surface area contributed by atoms with Gasteiger partial charge in [0, 0.05) is 19.1 Å². The summed E-state index contributed by atoms with van der Waals surface area (Å²) in [6.07, 6.45) is 1.56. The van der Waals surface area contributed by atoms with Crippen LogP contribution >= 0.6 is 15.9 Å². The van der Waals surface area contributed by atoms with E-state index in [1.54, 1.807) is 13.1 Å². The van der Waals surface area contributed by atoms with Crippen molar-refractivity contribution in [3.05, 3.63) is 17.3 Å². The van der Waals surface area contributed by atoms with Crippen LogP contribution in [0.5, 0.6) is 0 Å². The fraction of sp³-hybridized carbons (Fsp3) is 0.600. The van der Waals surface area contributed by atoms with Gasteiger partial charge < -0.3 is 0 Å². The summed E-state index contributed by atoms with van der Waals surface area (Å²) in [5, 5.41) is 7.44. The summed E-state index contributed by atoms with van der Waals surface area (Å²) in [6.45, 7) is 9.30. The molecule has 0 bridgehead atoms. The van der Waals surface area contributed by atoms with Gasteiger partial charge in [-0.1, -0.05) is 11.3 Å². The van der Waals surface area contributed by atoms with Crippen molar-refractivity contribution in [2.45, 2.75) is 31.3 Å². The van der Waals surface area contributed by atoms with E-state index >= 15 is 0 Å². The Morgan fingerprint density at radius 2 is 2.06 bits per heavy atom. The molecule has 8 heteroatoms. The molecule has 102 valence electrons. The fourth-order valence-corrected chi connectivity index (χ4v) is 4.35. The maximum Gasteiger partial charge on any atom is 0.263 e. The number of rotatable bonds is 4. The van der Waals surface area contributed by atoms with Crippen LogP contribution in [0.25, 0.3) is 0 Å². The first-order chi connectivity index (χ1) is 8.12. The zero-order valence-corrected chi connectivity index (χ0v) is 13.3. The van der Waals surface area contributed by atoms with Gasteiger partial charge >= 0.3 is 0 Å². The number of hydrogen-bond acceptors (Lipinski definition) is 4.